The van der Waals surface area contributed by atoms with E-state index in [0.717, 1.165) is 51.0 Å². The van der Waals surface area contributed by atoms with Crippen molar-refractivity contribution in [2.24, 2.45) is 11.7 Å². The topological polar surface area (TPSA) is 105 Å². The zero-order valence-corrected chi connectivity index (χ0v) is 19.4. The second-order valence-electron chi connectivity index (χ2n) is 9.79. The second-order valence-corrected chi connectivity index (χ2v) is 9.79. The fourth-order valence-electron chi connectivity index (χ4n) is 4.29. The molecule has 0 aliphatic carbocycles. The minimum Gasteiger partial charge on any atom is -0.444 e. The largest absolute Gasteiger partial charge is 0.444 e. The molecule has 2 heterocycles. The number of hydrogen-bond donors (Lipinski definition) is 2. The number of carbonyl (C=O) groups is 3. The summed E-state index contributed by atoms with van der Waals surface area (Å²) in [5, 5.41) is 2.94. The van der Waals surface area contributed by atoms with Crippen molar-refractivity contribution in [3.8, 4) is 0 Å². The zero-order chi connectivity index (χ0) is 23.3. The van der Waals surface area contributed by atoms with E-state index in [9.17, 15) is 14.4 Å². The number of primary amides is 1. The number of nitrogens with zero attached hydrogens (tertiary/aromatic N) is 2. The third-order valence-electron chi connectivity index (χ3n) is 6.11. The van der Waals surface area contributed by atoms with Gasteiger partial charge in [-0.2, -0.15) is 0 Å². The summed E-state index contributed by atoms with van der Waals surface area (Å²) in [5.74, 6) is -0.354. The Bertz CT molecular complexity index is 810. The Kier molecular flexibility index (Phi) is 7.77. The number of benzene rings is 1. The molecule has 8 heteroatoms. The molecule has 8 nitrogen and oxygen atoms in total. The Morgan fingerprint density at radius 2 is 1.72 bits per heavy atom. The maximum atomic E-state index is 12.8. The van der Waals surface area contributed by atoms with Gasteiger partial charge in [-0.15, -0.1) is 0 Å². The molecule has 0 bridgehead atoms. The van der Waals surface area contributed by atoms with Crippen LogP contribution in [0.2, 0.25) is 0 Å². The van der Waals surface area contributed by atoms with Crippen LogP contribution in [0.3, 0.4) is 0 Å². The average Bonchev–Trinajstić information content (AvgIpc) is 3.23. The van der Waals surface area contributed by atoms with Gasteiger partial charge in [0.2, 0.25) is 11.8 Å². The molecule has 2 aliphatic rings. The highest BCUT2D eigenvalue weighted by atomic mass is 16.6. The number of likely N-dealkylation sites (tertiary alicyclic amines) is 2. The van der Waals surface area contributed by atoms with E-state index in [0.29, 0.717) is 13.0 Å². The summed E-state index contributed by atoms with van der Waals surface area (Å²) in [5.41, 5.74) is 6.72. The molecule has 3 amide bonds. The highest BCUT2D eigenvalue weighted by Gasteiger charge is 2.36. The molecule has 32 heavy (non-hydrogen) atoms. The third kappa shape index (κ3) is 6.69. The average molecular weight is 445 g/mol. The van der Waals surface area contributed by atoms with E-state index in [-0.39, 0.29) is 17.7 Å². The molecule has 2 saturated heterocycles. The Hall–Kier alpha value is -2.61. The smallest absolute Gasteiger partial charge is 0.410 e. The Morgan fingerprint density at radius 1 is 1.06 bits per heavy atom. The molecule has 1 atom stereocenters. The number of nitrogens with one attached hydrogen (secondary N) is 1. The lowest BCUT2D eigenvalue weighted by Crippen LogP contribution is -2.45. The molecule has 176 valence electrons. The van der Waals surface area contributed by atoms with Crippen LogP contribution in [0.25, 0.3) is 0 Å². The monoisotopic (exact) mass is 444 g/mol. The van der Waals surface area contributed by atoms with Crippen molar-refractivity contribution in [2.75, 3.05) is 31.5 Å². The first-order valence-electron chi connectivity index (χ1n) is 11.5. The van der Waals surface area contributed by atoms with Crippen LogP contribution < -0.4 is 11.1 Å². The lowest BCUT2D eigenvalue weighted by Gasteiger charge is -2.30. The van der Waals surface area contributed by atoms with Crippen molar-refractivity contribution in [1.29, 1.82) is 0 Å². The van der Waals surface area contributed by atoms with Gasteiger partial charge in [0, 0.05) is 24.7 Å². The lowest BCUT2D eigenvalue weighted by molar-refractivity contribution is -0.123. The van der Waals surface area contributed by atoms with E-state index in [2.05, 4.69) is 10.2 Å². The fourth-order valence-corrected chi connectivity index (χ4v) is 4.29. The molecular formula is C24H36N4O4. The van der Waals surface area contributed by atoms with Crippen molar-refractivity contribution in [3.05, 3.63) is 29.8 Å². The number of nitrogens with two attached hydrogens (primary N) is 1. The summed E-state index contributed by atoms with van der Waals surface area (Å²) in [6.07, 6.45) is 3.56. The molecule has 0 aromatic heterocycles. The first kappa shape index (κ1) is 24.0. The maximum Gasteiger partial charge on any atom is 0.410 e. The van der Waals surface area contributed by atoms with Crippen LogP contribution in [0.4, 0.5) is 10.5 Å². The molecule has 2 aliphatic heterocycles. The van der Waals surface area contributed by atoms with Gasteiger partial charge >= 0.3 is 6.09 Å². The predicted molar refractivity (Wildman–Crippen MR) is 123 cm³/mol. The molecule has 0 spiro atoms. The van der Waals surface area contributed by atoms with E-state index in [1.807, 2.05) is 45.0 Å². The zero-order valence-electron chi connectivity index (χ0n) is 19.4. The molecule has 3 rings (SSSR count). The lowest BCUT2D eigenvalue weighted by atomic mass is 9.96. The minimum atomic E-state index is -0.589. The highest BCUT2D eigenvalue weighted by molar-refractivity contribution is 5.96. The molecule has 0 unspecified atom stereocenters. The van der Waals surface area contributed by atoms with E-state index in [4.69, 9.17) is 10.5 Å². The standard InChI is InChI=1S/C24H36N4O4/c1-24(2,3)32-23(31)28-13-4-5-20(28)22(30)26-19-8-6-17(7-9-19)10-14-27-15-11-18(12-16-27)21(25)29/h6-9,18,20H,4-5,10-16H2,1-3H3,(H2,25,29)(H,26,30)/t20-/m0/s1. The highest BCUT2D eigenvalue weighted by Crippen LogP contribution is 2.23. The van der Waals surface area contributed by atoms with Gasteiger partial charge in [-0.1, -0.05) is 12.1 Å². The number of piperidine rings is 1. The van der Waals surface area contributed by atoms with Crippen molar-refractivity contribution < 1.29 is 19.1 Å². The van der Waals surface area contributed by atoms with Crippen molar-refractivity contribution in [2.45, 2.75) is 64.5 Å². The van der Waals surface area contributed by atoms with Gasteiger partial charge in [-0.05, 0) is 83.7 Å². The van der Waals surface area contributed by atoms with E-state index in [1.165, 1.54) is 10.5 Å². The summed E-state index contributed by atoms with van der Waals surface area (Å²) < 4.78 is 5.44. The predicted octanol–water partition coefficient (Wildman–Crippen LogP) is 2.76. The number of carbonyl (C=O) groups excluding carboxylic acids is 3. The molecule has 1 aromatic rings. The number of amides is 3. The van der Waals surface area contributed by atoms with E-state index < -0.39 is 17.7 Å². The van der Waals surface area contributed by atoms with Gasteiger partial charge < -0.3 is 20.7 Å². The van der Waals surface area contributed by atoms with Crippen LogP contribution in [0, 0.1) is 5.92 Å². The quantitative estimate of drug-likeness (QED) is 0.702. The summed E-state index contributed by atoms with van der Waals surface area (Å²) >= 11 is 0. The normalized spacial score (nSPS) is 20.2. The van der Waals surface area contributed by atoms with Crippen LogP contribution in [-0.2, 0) is 20.7 Å². The number of ether oxygens (including phenoxy) is 1. The van der Waals surface area contributed by atoms with Crippen molar-refractivity contribution >= 4 is 23.6 Å². The SMILES string of the molecule is CC(C)(C)OC(=O)N1CCC[C@H]1C(=O)Nc1ccc(CCN2CCC(C(N)=O)CC2)cc1. The van der Waals surface area contributed by atoms with Gasteiger partial charge in [0.05, 0.1) is 0 Å². The summed E-state index contributed by atoms with van der Waals surface area (Å²) in [4.78, 5) is 40.4. The van der Waals surface area contributed by atoms with Gasteiger partial charge in [-0.3, -0.25) is 14.5 Å². The number of rotatable bonds is 6. The summed E-state index contributed by atoms with van der Waals surface area (Å²) in [6, 6.07) is 7.34. The summed E-state index contributed by atoms with van der Waals surface area (Å²) in [6.45, 7) is 8.73. The Morgan fingerprint density at radius 3 is 2.31 bits per heavy atom. The number of hydrogen-bond acceptors (Lipinski definition) is 5. The minimum absolute atomic E-state index is 0.0141. The van der Waals surface area contributed by atoms with Gasteiger partial charge in [0.25, 0.3) is 0 Å². The van der Waals surface area contributed by atoms with Crippen molar-refractivity contribution in [3.63, 3.8) is 0 Å². The molecule has 3 N–H and O–H groups in total. The van der Waals surface area contributed by atoms with E-state index >= 15 is 0 Å². The van der Waals surface area contributed by atoms with Gasteiger partial charge in [0.15, 0.2) is 0 Å². The van der Waals surface area contributed by atoms with Crippen LogP contribution in [0.15, 0.2) is 24.3 Å². The van der Waals surface area contributed by atoms with Gasteiger partial charge in [-0.25, -0.2) is 4.79 Å². The molecular weight excluding hydrogens is 408 g/mol. The number of anilines is 1. The summed E-state index contributed by atoms with van der Waals surface area (Å²) in [7, 11) is 0. The molecule has 0 saturated carbocycles. The molecule has 2 fully saturated rings. The maximum absolute atomic E-state index is 12.8. The second kappa shape index (κ2) is 10.3. The Balaban J connectivity index is 1.47. The first-order chi connectivity index (χ1) is 15.1. The van der Waals surface area contributed by atoms with Gasteiger partial charge in [0.1, 0.15) is 11.6 Å². The first-order valence-corrected chi connectivity index (χ1v) is 11.5. The van der Waals surface area contributed by atoms with Crippen LogP contribution in [0.1, 0.15) is 52.0 Å². The van der Waals surface area contributed by atoms with Crippen LogP contribution in [0.5, 0.6) is 0 Å². The Labute approximate surface area is 190 Å². The van der Waals surface area contributed by atoms with Crippen LogP contribution in [-0.4, -0.2) is 65.5 Å². The molecule has 0 radical (unpaired) electrons. The van der Waals surface area contributed by atoms with Crippen LogP contribution >= 0.6 is 0 Å². The molecule has 1 aromatic carbocycles. The van der Waals surface area contributed by atoms with E-state index in [1.54, 1.807) is 0 Å². The third-order valence-corrected chi connectivity index (χ3v) is 6.11. The fraction of sp³-hybridized carbons (Fsp3) is 0.625. The van der Waals surface area contributed by atoms with Crippen molar-refractivity contribution in [1.82, 2.24) is 9.80 Å².